The van der Waals surface area contributed by atoms with Gasteiger partial charge in [0.2, 0.25) is 0 Å². The maximum absolute atomic E-state index is 11.9. The predicted octanol–water partition coefficient (Wildman–Crippen LogP) is 1.14. The van der Waals surface area contributed by atoms with Gasteiger partial charge in [-0.2, -0.15) is 0 Å². The van der Waals surface area contributed by atoms with Crippen molar-refractivity contribution in [3.05, 3.63) is 24.3 Å². The van der Waals surface area contributed by atoms with Gasteiger partial charge in [0.15, 0.2) is 5.11 Å². The van der Waals surface area contributed by atoms with Crippen molar-refractivity contribution in [2.45, 2.75) is 19.8 Å². The Kier molecular flexibility index (Phi) is 4.37. The molecule has 0 radical (unpaired) electrons. The molecule has 1 rings (SSSR count). The van der Waals surface area contributed by atoms with Crippen LogP contribution in [0.25, 0.3) is 0 Å². The summed E-state index contributed by atoms with van der Waals surface area (Å²) in [7, 11) is 0. The van der Waals surface area contributed by atoms with E-state index in [1.54, 1.807) is 12.2 Å². The molecule has 4 nitrogen and oxygen atoms in total. The molecule has 0 aromatic carbocycles. The van der Waals surface area contributed by atoms with Crippen molar-refractivity contribution in [3.8, 4) is 0 Å². The minimum Gasteiger partial charge on any atom is -0.298 e. The molecule has 1 aliphatic rings. The number of nitrogens with one attached hydrogen (secondary N) is 1. The minimum atomic E-state index is -0.413. The summed E-state index contributed by atoms with van der Waals surface area (Å²) in [6.07, 6.45) is 4.80. The second-order valence-electron chi connectivity index (χ2n) is 3.37. The van der Waals surface area contributed by atoms with E-state index in [2.05, 4.69) is 11.9 Å². The van der Waals surface area contributed by atoms with Crippen molar-refractivity contribution in [1.82, 2.24) is 10.2 Å². The molecule has 1 N–H and O–H groups in total. The SMILES string of the molecule is C=CCN1C(=O)/C(=C/CCC)C(=O)NC1=S. The van der Waals surface area contributed by atoms with Crippen molar-refractivity contribution in [2.24, 2.45) is 0 Å². The molecule has 1 aliphatic heterocycles. The van der Waals surface area contributed by atoms with Gasteiger partial charge < -0.3 is 0 Å². The third kappa shape index (κ3) is 2.55. The summed E-state index contributed by atoms with van der Waals surface area (Å²) in [6, 6.07) is 0. The molecule has 1 fully saturated rings. The van der Waals surface area contributed by atoms with Gasteiger partial charge in [-0.3, -0.25) is 19.8 Å². The van der Waals surface area contributed by atoms with Crippen LogP contribution in [-0.4, -0.2) is 28.4 Å². The zero-order valence-corrected chi connectivity index (χ0v) is 9.97. The van der Waals surface area contributed by atoms with Gasteiger partial charge in [0, 0.05) is 6.54 Å². The summed E-state index contributed by atoms with van der Waals surface area (Å²) in [5.74, 6) is -0.758. The monoisotopic (exact) mass is 238 g/mol. The van der Waals surface area contributed by atoms with E-state index in [4.69, 9.17) is 12.2 Å². The van der Waals surface area contributed by atoms with Crippen LogP contribution in [0.2, 0.25) is 0 Å². The zero-order chi connectivity index (χ0) is 12.1. The molecule has 0 unspecified atom stereocenters. The molecular formula is C11H14N2O2S. The van der Waals surface area contributed by atoms with Crippen molar-refractivity contribution < 1.29 is 9.59 Å². The fourth-order valence-electron chi connectivity index (χ4n) is 1.33. The molecule has 0 saturated carbocycles. The smallest absolute Gasteiger partial charge is 0.265 e. The lowest BCUT2D eigenvalue weighted by atomic mass is 10.1. The summed E-state index contributed by atoms with van der Waals surface area (Å²) >= 11 is 4.91. The first-order chi connectivity index (χ1) is 7.61. The van der Waals surface area contributed by atoms with Gasteiger partial charge in [-0.25, -0.2) is 0 Å². The second kappa shape index (κ2) is 5.55. The number of rotatable bonds is 4. The van der Waals surface area contributed by atoms with E-state index < -0.39 is 5.91 Å². The predicted molar refractivity (Wildman–Crippen MR) is 65.6 cm³/mol. The Morgan fingerprint density at radius 2 is 2.19 bits per heavy atom. The maximum atomic E-state index is 11.9. The molecule has 0 atom stereocenters. The Morgan fingerprint density at radius 3 is 2.75 bits per heavy atom. The number of hydrogen-bond donors (Lipinski definition) is 1. The van der Waals surface area contributed by atoms with Crippen LogP contribution >= 0.6 is 12.2 Å². The number of carbonyl (C=O) groups is 2. The number of amides is 2. The molecule has 16 heavy (non-hydrogen) atoms. The van der Waals surface area contributed by atoms with Gasteiger partial charge >= 0.3 is 0 Å². The standard InChI is InChI=1S/C11H14N2O2S/c1-3-5-6-8-9(14)12-11(16)13(7-4-2)10(8)15/h4,6H,2-3,5,7H2,1H3,(H,12,14,16)/b8-6+. The Morgan fingerprint density at radius 1 is 1.50 bits per heavy atom. The fourth-order valence-corrected chi connectivity index (χ4v) is 1.58. The van der Waals surface area contributed by atoms with Gasteiger partial charge in [0.05, 0.1) is 0 Å². The molecule has 0 spiro atoms. The molecule has 1 heterocycles. The Balaban J connectivity index is 2.94. The Labute approximate surface area is 100.0 Å². The summed E-state index contributed by atoms with van der Waals surface area (Å²) in [6.45, 7) is 5.83. The summed E-state index contributed by atoms with van der Waals surface area (Å²) in [5, 5.41) is 2.63. The highest BCUT2D eigenvalue weighted by atomic mass is 32.1. The molecule has 2 amide bonds. The van der Waals surface area contributed by atoms with Gasteiger partial charge in [-0.15, -0.1) is 6.58 Å². The highest BCUT2D eigenvalue weighted by Crippen LogP contribution is 2.11. The normalized spacial score (nSPS) is 18.9. The van der Waals surface area contributed by atoms with E-state index >= 15 is 0 Å². The lowest BCUT2D eigenvalue weighted by Gasteiger charge is -2.27. The van der Waals surface area contributed by atoms with Crippen LogP contribution < -0.4 is 5.32 Å². The van der Waals surface area contributed by atoms with E-state index in [0.29, 0.717) is 13.0 Å². The van der Waals surface area contributed by atoms with E-state index in [-0.39, 0.29) is 16.6 Å². The molecule has 1 saturated heterocycles. The molecule has 0 aliphatic carbocycles. The first kappa shape index (κ1) is 12.6. The zero-order valence-electron chi connectivity index (χ0n) is 9.16. The van der Waals surface area contributed by atoms with Crippen LogP contribution in [0.3, 0.4) is 0 Å². The van der Waals surface area contributed by atoms with Crippen molar-refractivity contribution in [3.63, 3.8) is 0 Å². The van der Waals surface area contributed by atoms with Gasteiger partial charge in [0.25, 0.3) is 11.8 Å². The van der Waals surface area contributed by atoms with E-state index in [1.807, 2.05) is 6.92 Å². The number of unbranched alkanes of at least 4 members (excludes halogenated alkanes) is 1. The molecule has 0 bridgehead atoms. The van der Waals surface area contributed by atoms with Crippen molar-refractivity contribution in [2.75, 3.05) is 6.54 Å². The molecular weight excluding hydrogens is 224 g/mol. The third-order valence-electron chi connectivity index (χ3n) is 2.13. The molecule has 5 heteroatoms. The maximum Gasteiger partial charge on any atom is 0.265 e. The van der Waals surface area contributed by atoms with Gasteiger partial charge in [-0.1, -0.05) is 25.5 Å². The quantitative estimate of drug-likeness (QED) is 0.346. The van der Waals surface area contributed by atoms with Crippen LogP contribution in [0.15, 0.2) is 24.3 Å². The molecule has 0 aromatic heterocycles. The highest BCUT2D eigenvalue weighted by molar-refractivity contribution is 7.80. The van der Waals surface area contributed by atoms with Gasteiger partial charge in [-0.05, 0) is 18.6 Å². The first-order valence-corrected chi connectivity index (χ1v) is 5.50. The van der Waals surface area contributed by atoms with E-state index in [9.17, 15) is 9.59 Å². The average molecular weight is 238 g/mol. The number of hydrogen-bond acceptors (Lipinski definition) is 3. The lowest BCUT2D eigenvalue weighted by Crippen LogP contribution is -2.53. The van der Waals surface area contributed by atoms with Crippen molar-refractivity contribution in [1.29, 1.82) is 0 Å². The van der Waals surface area contributed by atoms with Crippen LogP contribution in [0.4, 0.5) is 0 Å². The van der Waals surface area contributed by atoms with Crippen molar-refractivity contribution >= 4 is 29.1 Å². The largest absolute Gasteiger partial charge is 0.298 e. The highest BCUT2D eigenvalue weighted by Gasteiger charge is 2.31. The second-order valence-corrected chi connectivity index (χ2v) is 3.76. The first-order valence-electron chi connectivity index (χ1n) is 5.10. The van der Waals surface area contributed by atoms with Gasteiger partial charge in [0.1, 0.15) is 5.57 Å². The van der Waals surface area contributed by atoms with Crippen LogP contribution in [0, 0.1) is 0 Å². The Bertz CT molecular complexity index is 374. The van der Waals surface area contributed by atoms with Crippen LogP contribution in [0.5, 0.6) is 0 Å². The number of carbonyl (C=O) groups excluding carboxylic acids is 2. The number of nitrogens with zero attached hydrogens (tertiary/aromatic N) is 1. The van der Waals surface area contributed by atoms with E-state index in [0.717, 1.165) is 6.42 Å². The third-order valence-corrected chi connectivity index (χ3v) is 2.46. The summed E-state index contributed by atoms with van der Waals surface area (Å²) in [4.78, 5) is 24.8. The number of allylic oxidation sites excluding steroid dienone is 1. The topological polar surface area (TPSA) is 49.4 Å². The summed E-state index contributed by atoms with van der Waals surface area (Å²) < 4.78 is 0. The summed E-state index contributed by atoms with van der Waals surface area (Å²) in [5.41, 5.74) is 0.164. The fraction of sp³-hybridized carbons (Fsp3) is 0.364. The minimum absolute atomic E-state index is 0.142. The lowest BCUT2D eigenvalue weighted by molar-refractivity contribution is -0.128. The van der Waals surface area contributed by atoms with Crippen LogP contribution in [-0.2, 0) is 9.59 Å². The Hall–Kier alpha value is -1.49. The van der Waals surface area contributed by atoms with E-state index in [1.165, 1.54) is 4.90 Å². The van der Waals surface area contributed by atoms with Crippen LogP contribution in [0.1, 0.15) is 19.8 Å². The molecule has 0 aromatic rings. The average Bonchev–Trinajstić information content (AvgIpc) is 2.24. The molecule has 86 valence electrons. The number of thiocarbonyl (C=S) groups is 1.